The summed E-state index contributed by atoms with van der Waals surface area (Å²) in [6.07, 6.45) is 0.639. The van der Waals surface area contributed by atoms with Gasteiger partial charge in [-0.1, -0.05) is 6.92 Å². The molecule has 1 saturated heterocycles. The van der Waals surface area contributed by atoms with Gasteiger partial charge in [-0.2, -0.15) is 0 Å². The molecule has 82 valence electrons. The average Bonchev–Trinajstić information content (AvgIpc) is 2.67. The Morgan fingerprint density at radius 2 is 2.50 bits per heavy atom. The molecule has 0 bridgehead atoms. The van der Waals surface area contributed by atoms with Crippen LogP contribution in [0.3, 0.4) is 0 Å². The molecule has 1 aliphatic heterocycles. The smallest absolute Gasteiger partial charge is 0.238 e. The minimum atomic E-state index is -0.790. The summed E-state index contributed by atoms with van der Waals surface area (Å²) < 4.78 is 0. The minimum Gasteiger partial charge on any atom is -0.388 e. The maximum absolute atomic E-state index is 11.5. The third kappa shape index (κ3) is 3.48. The minimum absolute atomic E-state index is 0.0104. The quantitative estimate of drug-likeness (QED) is 0.618. The van der Waals surface area contributed by atoms with Crippen LogP contribution in [0.5, 0.6) is 0 Å². The molecule has 5 heteroatoms. The fourth-order valence-electron chi connectivity index (χ4n) is 1.09. The lowest BCUT2D eigenvalue weighted by Gasteiger charge is -2.22. The first-order valence-corrected chi connectivity index (χ1v) is 6.02. The molecule has 0 aliphatic carbocycles. The van der Waals surface area contributed by atoms with Crippen LogP contribution in [0.2, 0.25) is 0 Å². The van der Waals surface area contributed by atoms with Gasteiger partial charge in [0.05, 0.1) is 11.6 Å². The Morgan fingerprint density at radius 3 is 3.00 bits per heavy atom. The molecular formula is C9H18N2O2S. The first-order chi connectivity index (χ1) is 6.55. The fourth-order valence-corrected chi connectivity index (χ4v) is 2.03. The standard InChI is InChI=1S/C9H18N2O2S/c1-3-9(2,13)5-10-8(12)7-4-14-6-11-7/h7,11,13H,3-6H2,1-2H3,(H,10,12). The van der Waals surface area contributed by atoms with Crippen LogP contribution >= 0.6 is 11.8 Å². The first-order valence-electron chi connectivity index (χ1n) is 4.86. The number of rotatable bonds is 4. The lowest BCUT2D eigenvalue weighted by molar-refractivity contribution is -0.123. The zero-order valence-electron chi connectivity index (χ0n) is 8.67. The van der Waals surface area contributed by atoms with E-state index in [-0.39, 0.29) is 11.9 Å². The monoisotopic (exact) mass is 218 g/mol. The van der Waals surface area contributed by atoms with Gasteiger partial charge in [-0.15, -0.1) is 11.8 Å². The molecular weight excluding hydrogens is 200 g/mol. The van der Waals surface area contributed by atoms with Gasteiger partial charge in [0.2, 0.25) is 5.91 Å². The summed E-state index contributed by atoms with van der Waals surface area (Å²) in [5.41, 5.74) is -0.790. The van der Waals surface area contributed by atoms with E-state index >= 15 is 0 Å². The molecule has 0 aromatic heterocycles. The van der Waals surface area contributed by atoms with Crippen molar-refractivity contribution in [2.75, 3.05) is 18.2 Å². The number of amides is 1. The molecule has 3 N–H and O–H groups in total. The average molecular weight is 218 g/mol. The van der Waals surface area contributed by atoms with Crippen LogP contribution in [-0.4, -0.2) is 40.8 Å². The van der Waals surface area contributed by atoms with E-state index in [1.807, 2.05) is 6.92 Å². The van der Waals surface area contributed by atoms with Crippen molar-refractivity contribution in [2.24, 2.45) is 0 Å². The molecule has 0 saturated carbocycles. The molecule has 1 amide bonds. The van der Waals surface area contributed by atoms with Crippen molar-refractivity contribution in [2.45, 2.75) is 31.9 Å². The number of aliphatic hydroxyl groups is 1. The van der Waals surface area contributed by atoms with Crippen LogP contribution in [0.1, 0.15) is 20.3 Å². The molecule has 1 aliphatic rings. The molecule has 2 unspecified atom stereocenters. The van der Waals surface area contributed by atoms with Crippen LogP contribution in [0.25, 0.3) is 0 Å². The van der Waals surface area contributed by atoms with Crippen LogP contribution in [0, 0.1) is 0 Å². The van der Waals surface area contributed by atoms with Gasteiger partial charge in [0.25, 0.3) is 0 Å². The predicted molar refractivity (Wildman–Crippen MR) is 58.2 cm³/mol. The molecule has 1 rings (SSSR count). The Labute approximate surface area is 88.8 Å². The van der Waals surface area contributed by atoms with Crippen molar-refractivity contribution in [3.8, 4) is 0 Å². The van der Waals surface area contributed by atoms with E-state index in [4.69, 9.17) is 0 Å². The van der Waals surface area contributed by atoms with E-state index in [1.54, 1.807) is 18.7 Å². The Morgan fingerprint density at radius 1 is 1.79 bits per heavy atom. The summed E-state index contributed by atoms with van der Waals surface area (Å²) >= 11 is 1.72. The van der Waals surface area contributed by atoms with E-state index in [0.717, 1.165) is 11.6 Å². The normalized spacial score (nSPS) is 25.8. The third-order valence-corrected chi connectivity index (χ3v) is 3.38. The lowest BCUT2D eigenvalue weighted by atomic mass is 10.0. The second kappa shape index (κ2) is 5.00. The van der Waals surface area contributed by atoms with Crippen molar-refractivity contribution in [3.63, 3.8) is 0 Å². The van der Waals surface area contributed by atoms with Crippen LogP contribution < -0.4 is 10.6 Å². The van der Waals surface area contributed by atoms with E-state index < -0.39 is 5.60 Å². The van der Waals surface area contributed by atoms with Gasteiger partial charge in [-0.25, -0.2) is 0 Å². The highest BCUT2D eigenvalue weighted by Crippen LogP contribution is 2.10. The molecule has 14 heavy (non-hydrogen) atoms. The molecule has 4 nitrogen and oxygen atoms in total. The molecule has 0 aromatic rings. The maximum atomic E-state index is 11.5. The number of hydrogen-bond donors (Lipinski definition) is 3. The zero-order valence-corrected chi connectivity index (χ0v) is 9.49. The summed E-state index contributed by atoms with van der Waals surface area (Å²) in [5, 5.41) is 15.5. The maximum Gasteiger partial charge on any atom is 0.238 e. The van der Waals surface area contributed by atoms with Gasteiger partial charge in [-0.3, -0.25) is 10.1 Å². The summed E-state index contributed by atoms with van der Waals surface area (Å²) in [6.45, 7) is 3.95. The second-order valence-corrected chi connectivity index (χ2v) is 4.87. The number of carbonyl (C=O) groups is 1. The Balaban J connectivity index is 2.27. The highest BCUT2D eigenvalue weighted by molar-refractivity contribution is 7.99. The Bertz CT molecular complexity index is 203. The fraction of sp³-hybridized carbons (Fsp3) is 0.889. The number of carbonyl (C=O) groups excluding carboxylic acids is 1. The van der Waals surface area contributed by atoms with Crippen molar-refractivity contribution in [3.05, 3.63) is 0 Å². The first kappa shape index (κ1) is 11.8. The number of nitrogens with one attached hydrogen (secondary N) is 2. The van der Waals surface area contributed by atoms with Crippen LogP contribution in [0.4, 0.5) is 0 Å². The number of hydrogen-bond acceptors (Lipinski definition) is 4. The predicted octanol–water partition coefficient (Wildman–Crippen LogP) is -0.0739. The highest BCUT2D eigenvalue weighted by atomic mass is 32.2. The molecule has 2 atom stereocenters. The molecule has 0 radical (unpaired) electrons. The van der Waals surface area contributed by atoms with Gasteiger partial charge in [0.15, 0.2) is 0 Å². The highest BCUT2D eigenvalue weighted by Gasteiger charge is 2.25. The Hall–Kier alpha value is -0.260. The lowest BCUT2D eigenvalue weighted by Crippen LogP contribution is -2.47. The SMILES string of the molecule is CCC(C)(O)CNC(=O)C1CSCN1. The molecule has 1 heterocycles. The van der Waals surface area contributed by atoms with Crippen LogP contribution in [-0.2, 0) is 4.79 Å². The molecule has 1 fully saturated rings. The second-order valence-electron chi connectivity index (χ2n) is 3.84. The zero-order chi connectivity index (χ0) is 10.6. The van der Waals surface area contributed by atoms with Gasteiger partial charge < -0.3 is 10.4 Å². The van der Waals surface area contributed by atoms with Gasteiger partial charge in [0.1, 0.15) is 0 Å². The Kier molecular flexibility index (Phi) is 4.22. The van der Waals surface area contributed by atoms with E-state index in [9.17, 15) is 9.90 Å². The largest absolute Gasteiger partial charge is 0.388 e. The van der Waals surface area contributed by atoms with Gasteiger partial charge in [0, 0.05) is 18.2 Å². The van der Waals surface area contributed by atoms with E-state index in [0.29, 0.717) is 13.0 Å². The summed E-state index contributed by atoms with van der Waals surface area (Å²) in [5.74, 6) is 1.64. The number of thioether (sulfide) groups is 1. The van der Waals surface area contributed by atoms with Crippen molar-refractivity contribution in [1.82, 2.24) is 10.6 Å². The van der Waals surface area contributed by atoms with Gasteiger partial charge >= 0.3 is 0 Å². The molecule has 0 spiro atoms. The van der Waals surface area contributed by atoms with E-state index in [1.165, 1.54) is 0 Å². The molecule has 0 aromatic carbocycles. The summed E-state index contributed by atoms with van der Waals surface area (Å²) in [6, 6.07) is -0.0901. The summed E-state index contributed by atoms with van der Waals surface area (Å²) in [4.78, 5) is 11.5. The van der Waals surface area contributed by atoms with Gasteiger partial charge in [-0.05, 0) is 13.3 Å². The third-order valence-electron chi connectivity index (χ3n) is 2.44. The van der Waals surface area contributed by atoms with Crippen molar-refractivity contribution >= 4 is 17.7 Å². The van der Waals surface area contributed by atoms with Crippen molar-refractivity contribution < 1.29 is 9.90 Å². The topological polar surface area (TPSA) is 61.4 Å². The van der Waals surface area contributed by atoms with E-state index in [2.05, 4.69) is 10.6 Å². The van der Waals surface area contributed by atoms with Crippen molar-refractivity contribution in [1.29, 1.82) is 0 Å². The summed E-state index contributed by atoms with van der Waals surface area (Å²) in [7, 11) is 0. The van der Waals surface area contributed by atoms with Crippen LogP contribution in [0.15, 0.2) is 0 Å².